The lowest BCUT2D eigenvalue weighted by Gasteiger charge is -2.13. The van der Waals surface area contributed by atoms with Gasteiger partial charge < -0.3 is 10.5 Å². The quantitative estimate of drug-likeness (QED) is 0.798. The van der Waals surface area contributed by atoms with Crippen molar-refractivity contribution in [1.29, 1.82) is 0 Å². The predicted octanol–water partition coefficient (Wildman–Crippen LogP) is 4.18. The highest BCUT2D eigenvalue weighted by Crippen LogP contribution is 2.30. The Morgan fingerprint density at radius 2 is 1.59 bits per heavy atom. The fraction of sp³-hybridized carbons (Fsp3) is 0.200. The highest BCUT2D eigenvalue weighted by Gasteiger charge is 2.07. The van der Waals surface area contributed by atoms with Gasteiger partial charge >= 0.3 is 0 Å². The second-order valence-electron chi connectivity index (χ2n) is 4.36. The Labute approximate surface area is 102 Å². The van der Waals surface area contributed by atoms with Crippen molar-refractivity contribution in [2.24, 2.45) is 0 Å². The Morgan fingerprint density at radius 3 is 2.24 bits per heavy atom. The van der Waals surface area contributed by atoms with Crippen LogP contribution in [0.15, 0.2) is 48.5 Å². The number of nitrogen functional groups attached to an aromatic ring is 1. The van der Waals surface area contributed by atoms with E-state index in [1.54, 1.807) is 0 Å². The van der Waals surface area contributed by atoms with Gasteiger partial charge in [0.2, 0.25) is 0 Å². The lowest BCUT2D eigenvalue weighted by atomic mass is 10.0. The second kappa shape index (κ2) is 4.91. The molecular formula is C15H17NO. The fourth-order valence-corrected chi connectivity index (χ4v) is 1.71. The predicted molar refractivity (Wildman–Crippen MR) is 71.5 cm³/mol. The lowest BCUT2D eigenvalue weighted by Crippen LogP contribution is -1.93. The zero-order chi connectivity index (χ0) is 12.3. The number of benzene rings is 2. The van der Waals surface area contributed by atoms with E-state index in [2.05, 4.69) is 19.9 Å². The summed E-state index contributed by atoms with van der Waals surface area (Å²) in [4.78, 5) is 0. The summed E-state index contributed by atoms with van der Waals surface area (Å²) in [6, 6.07) is 15.5. The van der Waals surface area contributed by atoms with Crippen molar-refractivity contribution < 1.29 is 4.74 Å². The molecule has 0 heterocycles. The van der Waals surface area contributed by atoms with Gasteiger partial charge in [-0.1, -0.05) is 32.0 Å². The van der Waals surface area contributed by atoms with Crippen molar-refractivity contribution in [2.45, 2.75) is 19.8 Å². The summed E-state index contributed by atoms with van der Waals surface area (Å²) in [5, 5.41) is 0. The number of nitrogens with two attached hydrogens (primary N) is 1. The molecule has 88 valence electrons. The maximum absolute atomic E-state index is 5.87. The number of rotatable bonds is 3. The van der Waals surface area contributed by atoms with Crippen molar-refractivity contribution in [3.63, 3.8) is 0 Å². The third-order valence-corrected chi connectivity index (χ3v) is 2.65. The molecule has 0 aromatic heterocycles. The van der Waals surface area contributed by atoms with E-state index in [1.165, 1.54) is 5.56 Å². The minimum Gasteiger partial charge on any atom is -0.457 e. The SMILES string of the molecule is CC(C)c1ccccc1Oc1ccc(N)cc1. The molecule has 2 rings (SSSR count). The average molecular weight is 227 g/mol. The molecule has 0 saturated carbocycles. The van der Waals surface area contributed by atoms with Gasteiger partial charge in [0.15, 0.2) is 0 Å². The van der Waals surface area contributed by atoms with Crippen molar-refractivity contribution in [3.8, 4) is 11.5 Å². The molecule has 0 saturated heterocycles. The summed E-state index contributed by atoms with van der Waals surface area (Å²) in [6.45, 7) is 4.32. The van der Waals surface area contributed by atoms with Crippen LogP contribution in [-0.2, 0) is 0 Å². The third-order valence-electron chi connectivity index (χ3n) is 2.65. The summed E-state index contributed by atoms with van der Waals surface area (Å²) < 4.78 is 5.87. The molecule has 2 nitrogen and oxygen atoms in total. The number of anilines is 1. The molecule has 0 fully saturated rings. The standard InChI is InChI=1S/C15H17NO/c1-11(2)14-5-3-4-6-15(14)17-13-9-7-12(16)8-10-13/h3-11H,16H2,1-2H3. The maximum Gasteiger partial charge on any atom is 0.130 e. The largest absolute Gasteiger partial charge is 0.457 e. The summed E-state index contributed by atoms with van der Waals surface area (Å²) in [5.41, 5.74) is 7.60. The monoisotopic (exact) mass is 227 g/mol. The van der Waals surface area contributed by atoms with Crippen LogP contribution < -0.4 is 10.5 Å². The average Bonchev–Trinajstić information content (AvgIpc) is 2.32. The Kier molecular flexibility index (Phi) is 3.33. The van der Waals surface area contributed by atoms with Gasteiger partial charge in [-0.25, -0.2) is 0 Å². The number of para-hydroxylation sites is 1. The molecule has 0 unspecified atom stereocenters. The van der Waals surface area contributed by atoms with Crippen LogP contribution in [0.5, 0.6) is 11.5 Å². The van der Waals surface area contributed by atoms with Gasteiger partial charge in [-0.15, -0.1) is 0 Å². The second-order valence-corrected chi connectivity index (χ2v) is 4.36. The first-order valence-electron chi connectivity index (χ1n) is 5.79. The smallest absolute Gasteiger partial charge is 0.130 e. The topological polar surface area (TPSA) is 35.2 Å². The van der Waals surface area contributed by atoms with Gasteiger partial charge in [0.25, 0.3) is 0 Å². The molecule has 2 N–H and O–H groups in total. The van der Waals surface area contributed by atoms with Crippen LogP contribution in [0.25, 0.3) is 0 Å². The molecule has 0 aliphatic carbocycles. The summed E-state index contributed by atoms with van der Waals surface area (Å²) in [7, 11) is 0. The molecule has 2 heteroatoms. The highest BCUT2D eigenvalue weighted by molar-refractivity contribution is 5.44. The van der Waals surface area contributed by atoms with E-state index in [0.29, 0.717) is 5.92 Å². The Bertz CT molecular complexity index is 489. The number of hydrogen-bond acceptors (Lipinski definition) is 2. The highest BCUT2D eigenvalue weighted by atomic mass is 16.5. The Balaban J connectivity index is 2.26. The molecule has 2 aromatic carbocycles. The number of ether oxygens (including phenoxy) is 1. The third kappa shape index (κ3) is 2.78. The van der Waals surface area contributed by atoms with Crippen LogP contribution in [0, 0.1) is 0 Å². The molecule has 0 bridgehead atoms. The minimum atomic E-state index is 0.444. The molecular weight excluding hydrogens is 210 g/mol. The normalized spacial score (nSPS) is 10.5. The zero-order valence-electron chi connectivity index (χ0n) is 10.2. The van der Waals surface area contributed by atoms with E-state index in [0.717, 1.165) is 17.2 Å². The van der Waals surface area contributed by atoms with Gasteiger partial charge in [-0.05, 0) is 41.8 Å². The summed E-state index contributed by atoms with van der Waals surface area (Å²) in [5.74, 6) is 2.17. The molecule has 2 aromatic rings. The van der Waals surface area contributed by atoms with Gasteiger partial charge in [0, 0.05) is 5.69 Å². The van der Waals surface area contributed by atoms with E-state index < -0.39 is 0 Å². The maximum atomic E-state index is 5.87. The minimum absolute atomic E-state index is 0.444. The van der Waals surface area contributed by atoms with Crippen molar-refractivity contribution in [1.82, 2.24) is 0 Å². The van der Waals surface area contributed by atoms with E-state index >= 15 is 0 Å². The zero-order valence-corrected chi connectivity index (χ0v) is 10.2. The molecule has 0 atom stereocenters. The van der Waals surface area contributed by atoms with Crippen LogP contribution in [0.3, 0.4) is 0 Å². The van der Waals surface area contributed by atoms with Crippen LogP contribution >= 0.6 is 0 Å². The van der Waals surface area contributed by atoms with Gasteiger partial charge in [0.1, 0.15) is 11.5 Å². The summed E-state index contributed by atoms with van der Waals surface area (Å²) in [6.07, 6.45) is 0. The lowest BCUT2D eigenvalue weighted by molar-refractivity contribution is 0.473. The van der Waals surface area contributed by atoms with E-state index in [1.807, 2.05) is 42.5 Å². The fourth-order valence-electron chi connectivity index (χ4n) is 1.71. The van der Waals surface area contributed by atoms with Gasteiger partial charge in [0.05, 0.1) is 0 Å². The Hall–Kier alpha value is -1.96. The van der Waals surface area contributed by atoms with Crippen molar-refractivity contribution >= 4 is 5.69 Å². The molecule has 0 spiro atoms. The van der Waals surface area contributed by atoms with Gasteiger partial charge in [-0.2, -0.15) is 0 Å². The molecule has 17 heavy (non-hydrogen) atoms. The Morgan fingerprint density at radius 1 is 0.941 bits per heavy atom. The van der Waals surface area contributed by atoms with Crippen LogP contribution in [0.4, 0.5) is 5.69 Å². The first-order valence-corrected chi connectivity index (χ1v) is 5.79. The van der Waals surface area contributed by atoms with Gasteiger partial charge in [-0.3, -0.25) is 0 Å². The van der Waals surface area contributed by atoms with E-state index in [4.69, 9.17) is 10.5 Å². The molecule has 0 aliphatic rings. The van der Waals surface area contributed by atoms with E-state index in [9.17, 15) is 0 Å². The first-order chi connectivity index (χ1) is 8.16. The molecule has 0 radical (unpaired) electrons. The van der Waals surface area contributed by atoms with Crippen LogP contribution in [0.2, 0.25) is 0 Å². The van der Waals surface area contributed by atoms with Crippen molar-refractivity contribution in [2.75, 3.05) is 5.73 Å². The van der Waals surface area contributed by atoms with Crippen LogP contribution in [-0.4, -0.2) is 0 Å². The molecule has 0 amide bonds. The first kappa shape index (κ1) is 11.5. The van der Waals surface area contributed by atoms with Crippen molar-refractivity contribution in [3.05, 3.63) is 54.1 Å². The number of hydrogen-bond donors (Lipinski definition) is 1. The molecule has 0 aliphatic heterocycles. The van der Waals surface area contributed by atoms with E-state index in [-0.39, 0.29) is 0 Å². The summed E-state index contributed by atoms with van der Waals surface area (Å²) >= 11 is 0. The van der Waals surface area contributed by atoms with Crippen LogP contribution in [0.1, 0.15) is 25.3 Å².